The summed E-state index contributed by atoms with van der Waals surface area (Å²) in [4.78, 5) is 12.4. The topological polar surface area (TPSA) is 89.8 Å². The summed E-state index contributed by atoms with van der Waals surface area (Å²) in [6, 6.07) is -0.763. The second-order valence-electron chi connectivity index (χ2n) is 16.0. The van der Waals surface area contributed by atoms with Gasteiger partial charge in [-0.25, -0.2) is 0 Å². The summed E-state index contributed by atoms with van der Waals surface area (Å²) in [5.74, 6) is -0.329. The highest BCUT2D eigenvalue weighted by atomic mass is 16.3. The van der Waals surface area contributed by atoms with Gasteiger partial charge in [0.05, 0.1) is 31.3 Å². The number of amides is 1. The Bertz CT molecular complexity index is 881. The van der Waals surface area contributed by atoms with Crippen molar-refractivity contribution in [2.45, 2.75) is 250 Å². The smallest absolute Gasteiger partial charge is 0.222 e. The van der Waals surface area contributed by atoms with Gasteiger partial charge in [-0.1, -0.05) is 210 Å². The van der Waals surface area contributed by atoms with Crippen LogP contribution in [0, 0.1) is 0 Å². The number of carbonyl (C=O) groups excluding carboxylic acids is 1. The van der Waals surface area contributed by atoms with Crippen molar-refractivity contribution in [3.8, 4) is 0 Å². The maximum absolute atomic E-state index is 12.4. The van der Waals surface area contributed by atoms with Crippen LogP contribution in [0.4, 0.5) is 0 Å². The average Bonchev–Trinajstić information content (AvgIpc) is 3.16. The molecular formula is C49H91NO4. The Morgan fingerprint density at radius 1 is 0.481 bits per heavy atom. The predicted octanol–water partition coefficient (Wildman–Crippen LogP) is 13.7. The molecule has 0 fully saturated rings. The molecule has 0 aliphatic rings. The molecule has 0 heterocycles. The highest BCUT2D eigenvalue weighted by molar-refractivity contribution is 5.76. The average molecular weight is 758 g/mol. The summed E-state index contributed by atoms with van der Waals surface area (Å²) >= 11 is 0. The quantitative estimate of drug-likeness (QED) is 0.0369. The minimum Gasteiger partial charge on any atom is -0.394 e. The number of nitrogens with one attached hydrogen (secondary N) is 1. The van der Waals surface area contributed by atoms with Gasteiger partial charge in [0.1, 0.15) is 0 Å². The molecule has 0 aromatic rings. The summed E-state index contributed by atoms with van der Waals surface area (Å²) in [7, 11) is 0. The van der Waals surface area contributed by atoms with Crippen LogP contribution in [0.15, 0.2) is 48.6 Å². The van der Waals surface area contributed by atoms with E-state index in [-0.39, 0.29) is 18.9 Å². The van der Waals surface area contributed by atoms with E-state index >= 15 is 0 Å². The molecule has 0 saturated heterocycles. The van der Waals surface area contributed by atoms with Gasteiger partial charge in [-0.3, -0.25) is 4.79 Å². The van der Waals surface area contributed by atoms with Crippen molar-refractivity contribution >= 4 is 5.91 Å². The number of rotatable bonds is 42. The minimum absolute atomic E-state index is 0.00186. The van der Waals surface area contributed by atoms with Gasteiger partial charge in [-0.15, -0.1) is 0 Å². The van der Waals surface area contributed by atoms with Crippen molar-refractivity contribution < 1.29 is 20.1 Å². The first-order valence-corrected chi connectivity index (χ1v) is 23.4. The van der Waals surface area contributed by atoms with E-state index in [2.05, 4.69) is 55.6 Å². The Morgan fingerprint density at radius 3 is 1.30 bits per heavy atom. The Labute approximate surface area is 336 Å². The van der Waals surface area contributed by atoms with Crippen molar-refractivity contribution in [1.82, 2.24) is 5.32 Å². The van der Waals surface area contributed by atoms with Gasteiger partial charge in [-0.2, -0.15) is 0 Å². The van der Waals surface area contributed by atoms with Gasteiger partial charge in [0.15, 0.2) is 0 Å². The van der Waals surface area contributed by atoms with Gasteiger partial charge < -0.3 is 20.6 Å². The summed E-state index contributed by atoms with van der Waals surface area (Å²) in [5, 5.41) is 33.2. The number of aliphatic hydroxyl groups is 3. The molecule has 0 bridgehead atoms. The Balaban J connectivity index is 3.66. The third-order valence-electron chi connectivity index (χ3n) is 10.6. The highest BCUT2D eigenvalue weighted by Crippen LogP contribution is 2.15. The van der Waals surface area contributed by atoms with Crippen LogP contribution in [-0.4, -0.2) is 46.1 Å². The summed E-state index contributed by atoms with van der Waals surface area (Å²) in [6.07, 6.45) is 56.9. The van der Waals surface area contributed by atoms with E-state index in [0.717, 1.165) is 38.5 Å². The second-order valence-corrected chi connectivity index (χ2v) is 16.0. The van der Waals surface area contributed by atoms with E-state index < -0.39 is 18.2 Å². The normalized spacial score (nSPS) is 13.9. The predicted molar refractivity (Wildman–Crippen MR) is 236 cm³/mol. The molecule has 0 radical (unpaired) electrons. The molecule has 54 heavy (non-hydrogen) atoms. The third-order valence-corrected chi connectivity index (χ3v) is 10.6. The number of unbranched alkanes of at least 4 members (excludes halogenated alkanes) is 27. The molecule has 4 N–H and O–H groups in total. The van der Waals surface area contributed by atoms with Crippen molar-refractivity contribution in [2.75, 3.05) is 6.61 Å². The van der Waals surface area contributed by atoms with Gasteiger partial charge in [0, 0.05) is 0 Å². The summed E-state index contributed by atoms with van der Waals surface area (Å²) in [5.41, 5.74) is 0. The number of aliphatic hydroxyl groups excluding tert-OH is 3. The molecule has 316 valence electrons. The zero-order chi connectivity index (χ0) is 39.4. The molecule has 5 nitrogen and oxygen atoms in total. The lowest BCUT2D eigenvalue weighted by Gasteiger charge is -2.21. The SMILES string of the molecule is CCCCCCCCCC/C=C/CC/C=C/C(O)C(CO)NC(=O)CC(O)CCCCCCCCCCC/C=C\C/C=C\CCCCCCCCCCC. The molecule has 0 spiro atoms. The van der Waals surface area contributed by atoms with E-state index in [0.29, 0.717) is 6.42 Å². The van der Waals surface area contributed by atoms with Crippen LogP contribution in [0.1, 0.15) is 232 Å². The number of carbonyl (C=O) groups is 1. The van der Waals surface area contributed by atoms with Crippen LogP contribution in [-0.2, 0) is 4.79 Å². The second kappa shape index (κ2) is 44.0. The van der Waals surface area contributed by atoms with Gasteiger partial charge >= 0.3 is 0 Å². The fourth-order valence-electron chi connectivity index (χ4n) is 6.97. The van der Waals surface area contributed by atoms with Crippen LogP contribution >= 0.6 is 0 Å². The molecule has 0 aromatic carbocycles. The van der Waals surface area contributed by atoms with Crippen molar-refractivity contribution in [3.05, 3.63) is 48.6 Å². The van der Waals surface area contributed by atoms with E-state index in [1.807, 2.05) is 6.08 Å². The van der Waals surface area contributed by atoms with Crippen molar-refractivity contribution in [1.29, 1.82) is 0 Å². The molecule has 1 amide bonds. The molecule has 5 heteroatoms. The zero-order valence-corrected chi connectivity index (χ0v) is 35.8. The minimum atomic E-state index is -0.953. The Hall–Kier alpha value is -1.69. The maximum atomic E-state index is 12.4. The van der Waals surface area contributed by atoms with Crippen LogP contribution < -0.4 is 5.32 Å². The van der Waals surface area contributed by atoms with Crippen LogP contribution in [0.3, 0.4) is 0 Å². The molecule has 0 aliphatic carbocycles. The van der Waals surface area contributed by atoms with E-state index in [1.165, 1.54) is 167 Å². The molecule has 3 unspecified atom stereocenters. The fourth-order valence-corrected chi connectivity index (χ4v) is 6.97. The first kappa shape index (κ1) is 52.3. The molecule has 0 rings (SSSR count). The number of allylic oxidation sites excluding steroid dienone is 7. The van der Waals surface area contributed by atoms with Crippen molar-refractivity contribution in [3.63, 3.8) is 0 Å². The van der Waals surface area contributed by atoms with Crippen LogP contribution in [0.5, 0.6) is 0 Å². The summed E-state index contributed by atoms with van der Waals surface area (Å²) in [6.45, 7) is 4.19. The number of hydrogen-bond acceptors (Lipinski definition) is 4. The first-order valence-electron chi connectivity index (χ1n) is 23.4. The Morgan fingerprint density at radius 2 is 0.852 bits per heavy atom. The van der Waals surface area contributed by atoms with E-state index in [9.17, 15) is 20.1 Å². The largest absolute Gasteiger partial charge is 0.394 e. The van der Waals surface area contributed by atoms with Gasteiger partial charge in [0.25, 0.3) is 0 Å². The van der Waals surface area contributed by atoms with Crippen molar-refractivity contribution in [2.24, 2.45) is 0 Å². The first-order chi connectivity index (χ1) is 26.5. The standard InChI is InChI=1S/C49H91NO4/c1-3-5-7-9-11-13-15-17-19-20-21-22-23-24-25-26-27-28-29-30-32-34-36-38-40-42-46(52)44-49(54)50-47(45-51)48(53)43-41-39-37-35-33-31-18-16-14-12-10-8-6-4-2/h21-22,24-25,33,35,41,43,46-48,51-53H,3-20,23,26-32,34,36-40,42,44-45H2,1-2H3,(H,50,54)/b22-21-,25-24-,35-33+,43-41+. The monoisotopic (exact) mass is 758 g/mol. The van der Waals surface area contributed by atoms with Crippen LogP contribution in [0.25, 0.3) is 0 Å². The van der Waals surface area contributed by atoms with Gasteiger partial charge in [-0.05, 0) is 64.2 Å². The van der Waals surface area contributed by atoms with Crippen LogP contribution in [0.2, 0.25) is 0 Å². The fraction of sp³-hybridized carbons (Fsp3) is 0.816. The maximum Gasteiger partial charge on any atom is 0.222 e. The molecule has 3 atom stereocenters. The summed E-state index contributed by atoms with van der Waals surface area (Å²) < 4.78 is 0. The highest BCUT2D eigenvalue weighted by Gasteiger charge is 2.20. The Kier molecular flexibility index (Phi) is 42.7. The third kappa shape index (κ3) is 40.0. The van der Waals surface area contributed by atoms with E-state index in [4.69, 9.17) is 0 Å². The van der Waals surface area contributed by atoms with Gasteiger partial charge in [0.2, 0.25) is 5.91 Å². The number of hydrogen-bond donors (Lipinski definition) is 4. The molecular weight excluding hydrogens is 667 g/mol. The lowest BCUT2D eigenvalue weighted by Crippen LogP contribution is -2.45. The zero-order valence-electron chi connectivity index (χ0n) is 35.8. The lowest BCUT2D eigenvalue weighted by atomic mass is 10.0. The molecule has 0 saturated carbocycles. The lowest BCUT2D eigenvalue weighted by molar-refractivity contribution is -0.124. The van der Waals surface area contributed by atoms with E-state index in [1.54, 1.807) is 6.08 Å². The molecule has 0 aliphatic heterocycles. The molecule has 0 aromatic heterocycles.